The summed E-state index contributed by atoms with van der Waals surface area (Å²) in [7, 11) is 0. The topological polar surface area (TPSA) is 6.48 Å². The number of rotatable bonds is 8. The van der Waals surface area contributed by atoms with E-state index in [9.17, 15) is 0 Å². The smallest absolute Gasteiger partial charge is 0.0999 e. The Morgan fingerprint density at radius 3 is 1.21 bits per heavy atom. The molecule has 0 amide bonds. The molecule has 3 aliphatic rings. The van der Waals surface area contributed by atoms with Crippen LogP contribution in [0.3, 0.4) is 0 Å². The van der Waals surface area contributed by atoms with Crippen molar-refractivity contribution in [3.63, 3.8) is 0 Å². The molecule has 2 nitrogen and oxygen atoms in total. The summed E-state index contributed by atoms with van der Waals surface area (Å²) < 4.78 is 0. The molecule has 6 aromatic carbocycles. The van der Waals surface area contributed by atoms with Gasteiger partial charge in [0.05, 0.1) is 15.4 Å². The highest BCUT2D eigenvalue weighted by molar-refractivity contribution is 7.14. The highest BCUT2D eigenvalue weighted by atomic mass is 32.1. The van der Waals surface area contributed by atoms with Crippen molar-refractivity contribution in [3.05, 3.63) is 213 Å². The van der Waals surface area contributed by atoms with Gasteiger partial charge in [-0.05, 0) is 165 Å². The van der Waals surface area contributed by atoms with Crippen LogP contribution in [0.4, 0.5) is 32.8 Å². The van der Waals surface area contributed by atoms with Crippen LogP contribution in [-0.2, 0) is 31.1 Å². The van der Waals surface area contributed by atoms with Gasteiger partial charge in [0.15, 0.2) is 0 Å². The lowest BCUT2D eigenvalue weighted by Gasteiger charge is -2.37. The molecule has 0 saturated heterocycles. The summed E-state index contributed by atoms with van der Waals surface area (Å²) in [6.45, 7) is 0. The fraction of sp³-hybridized carbons (Fsp3) is 0.102. The average molecular weight is 717 g/mol. The first-order valence-corrected chi connectivity index (χ1v) is 20.3. The number of para-hydroxylation sites is 2. The minimum atomic E-state index is -0.512. The van der Waals surface area contributed by atoms with Gasteiger partial charge in [0.2, 0.25) is 0 Å². The Hall–Kier alpha value is -5.68. The van der Waals surface area contributed by atoms with E-state index < -0.39 is 5.41 Å². The molecule has 11 rings (SSSR count). The van der Waals surface area contributed by atoms with Gasteiger partial charge in [-0.3, -0.25) is 0 Å². The maximum atomic E-state index is 2.54. The number of aryl methyl sites for hydroxylation is 4. The number of nitrogens with zero attached hydrogens (tertiary/aromatic N) is 2. The third-order valence-electron chi connectivity index (χ3n) is 11.7. The van der Waals surface area contributed by atoms with Crippen LogP contribution in [0.25, 0.3) is 11.1 Å². The van der Waals surface area contributed by atoms with Crippen LogP contribution in [-0.4, -0.2) is 0 Å². The van der Waals surface area contributed by atoms with E-state index in [0.29, 0.717) is 0 Å². The second kappa shape index (κ2) is 12.2. The van der Waals surface area contributed by atoms with Gasteiger partial charge < -0.3 is 9.80 Å². The van der Waals surface area contributed by atoms with Crippen molar-refractivity contribution in [2.45, 2.75) is 31.1 Å². The van der Waals surface area contributed by atoms with Gasteiger partial charge in [-0.1, -0.05) is 84.9 Å². The number of thiophene rings is 2. The number of benzene rings is 6. The molecule has 254 valence electrons. The minimum absolute atomic E-state index is 0.512. The van der Waals surface area contributed by atoms with Crippen molar-refractivity contribution in [1.29, 1.82) is 0 Å². The maximum absolute atomic E-state index is 2.54. The van der Waals surface area contributed by atoms with Crippen LogP contribution < -0.4 is 9.80 Å². The fourth-order valence-corrected chi connectivity index (χ4v) is 10.5. The first-order valence-electron chi connectivity index (χ1n) is 18.6. The Kier molecular flexibility index (Phi) is 7.11. The Morgan fingerprint density at radius 1 is 0.377 bits per heavy atom. The third kappa shape index (κ3) is 4.76. The lowest BCUT2D eigenvalue weighted by atomic mass is 9.65. The Labute approximate surface area is 318 Å². The van der Waals surface area contributed by atoms with E-state index in [2.05, 4.69) is 178 Å². The predicted molar refractivity (Wildman–Crippen MR) is 224 cm³/mol. The summed E-state index contributed by atoms with van der Waals surface area (Å²) in [5, 5.41) is 6.76. The molecule has 4 heteroatoms. The first-order chi connectivity index (χ1) is 26.3. The molecule has 0 N–H and O–H groups in total. The molecule has 3 aliphatic carbocycles. The molecular weight excluding hydrogens is 681 g/mol. The van der Waals surface area contributed by atoms with Crippen LogP contribution in [0.15, 0.2) is 168 Å². The summed E-state index contributed by atoms with van der Waals surface area (Å²) in [6, 6.07) is 59.7. The number of hydrogen-bond donors (Lipinski definition) is 0. The molecule has 8 aromatic rings. The molecule has 2 heterocycles. The zero-order valence-electron chi connectivity index (χ0n) is 29.2. The van der Waals surface area contributed by atoms with Gasteiger partial charge in [0, 0.05) is 22.7 Å². The molecule has 0 atom stereocenters. The highest BCUT2D eigenvalue weighted by Crippen LogP contribution is 2.59. The van der Waals surface area contributed by atoms with Gasteiger partial charge in [0.25, 0.3) is 0 Å². The van der Waals surface area contributed by atoms with Crippen LogP contribution in [0.1, 0.15) is 44.5 Å². The normalized spacial score (nSPS) is 14.3. The molecule has 0 radical (unpaired) electrons. The molecule has 0 fully saturated rings. The largest absolute Gasteiger partial charge is 0.302 e. The van der Waals surface area contributed by atoms with Crippen LogP contribution in [0.5, 0.6) is 0 Å². The second-order valence-corrected chi connectivity index (χ2v) is 16.3. The summed E-state index contributed by atoms with van der Waals surface area (Å²) >= 11 is 3.56. The van der Waals surface area contributed by atoms with Crippen LogP contribution in [0.2, 0.25) is 0 Å². The van der Waals surface area contributed by atoms with Crippen molar-refractivity contribution in [2.75, 3.05) is 9.80 Å². The van der Waals surface area contributed by atoms with Gasteiger partial charge in [0.1, 0.15) is 0 Å². The zero-order valence-corrected chi connectivity index (χ0v) is 30.8. The Balaban J connectivity index is 1.21. The lowest BCUT2D eigenvalue weighted by molar-refractivity contribution is 0.740. The van der Waals surface area contributed by atoms with Crippen LogP contribution >= 0.6 is 22.7 Å². The minimum Gasteiger partial charge on any atom is -0.302 e. The molecule has 0 saturated carbocycles. The van der Waals surface area contributed by atoms with Crippen molar-refractivity contribution in [1.82, 2.24) is 0 Å². The molecule has 53 heavy (non-hydrogen) atoms. The number of fused-ring (bicyclic) bond motifs is 5. The standard InChI is InChI=1S/C49H36N2S2/c1-3-9-39(10-4-1)50(47-13-7-27-52-47)41-23-25-43-44-26-24-42(51(48-14-8-28-53-48)40-11-5-2-6-12-40)32-46(44)49(45(43)31-41,37-21-19-33-15-17-35(33)29-37)38-22-20-34-16-18-36(34)30-38/h1-14,19-32H,15-18H2. The predicted octanol–water partition coefficient (Wildman–Crippen LogP) is 13.3. The van der Waals surface area contributed by atoms with Gasteiger partial charge >= 0.3 is 0 Å². The van der Waals surface area contributed by atoms with E-state index in [1.54, 1.807) is 22.7 Å². The molecule has 0 aliphatic heterocycles. The summed E-state index contributed by atoms with van der Waals surface area (Å²) in [4.78, 5) is 4.85. The maximum Gasteiger partial charge on any atom is 0.0999 e. The number of anilines is 6. The molecule has 0 spiro atoms. The summed E-state index contributed by atoms with van der Waals surface area (Å²) in [6.07, 6.45) is 4.62. The van der Waals surface area contributed by atoms with E-state index in [1.165, 1.54) is 89.9 Å². The molecule has 0 unspecified atom stereocenters. The van der Waals surface area contributed by atoms with Crippen molar-refractivity contribution < 1.29 is 0 Å². The quantitative estimate of drug-likeness (QED) is 0.154. The Morgan fingerprint density at radius 2 is 0.830 bits per heavy atom. The van der Waals surface area contributed by atoms with Crippen molar-refractivity contribution in [2.24, 2.45) is 0 Å². The average Bonchev–Trinajstić information content (AvgIpc) is 3.96. The number of hydrogen-bond acceptors (Lipinski definition) is 4. The van der Waals surface area contributed by atoms with Crippen molar-refractivity contribution >= 4 is 55.4 Å². The van der Waals surface area contributed by atoms with Crippen molar-refractivity contribution in [3.8, 4) is 11.1 Å². The first kappa shape index (κ1) is 30.9. The molecule has 0 bridgehead atoms. The lowest BCUT2D eigenvalue weighted by Crippen LogP contribution is -2.30. The fourth-order valence-electron chi connectivity index (χ4n) is 8.98. The van der Waals surface area contributed by atoms with E-state index in [-0.39, 0.29) is 0 Å². The SMILES string of the molecule is c1ccc(N(c2ccc3c(c2)C(c2ccc4c(c2)CC4)(c2ccc4c(c2)CC4)c2cc(N(c4ccccc4)c4cccs4)ccc2-3)c2cccs2)cc1. The zero-order chi connectivity index (χ0) is 34.9. The van der Waals surface area contributed by atoms with E-state index in [1.807, 2.05) is 0 Å². The highest BCUT2D eigenvalue weighted by Gasteiger charge is 2.48. The Bertz CT molecular complexity index is 2440. The van der Waals surface area contributed by atoms with Gasteiger partial charge in [-0.15, -0.1) is 22.7 Å². The molecular formula is C49H36N2S2. The molecule has 2 aromatic heterocycles. The summed E-state index contributed by atoms with van der Waals surface area (Å²) in [5.41, 5.74) is 18.1. The van der Waals surface area contributed by atoms with E-state index in [0.717, 1.165) is 24.2 Å². The van der Waals surface area contributed by atoms with E-state index in [4.69, 9.17) is 0 Å². The third-order valence-corrected chi connectivity index (χ3v) is 13.4. The summed E-state index contributed by atoms with van der Waals surface area (Å²) in [5.74, 6) is 0. The second-order valence-electron chi connectivity index (χ2n) is 14.4. The monoisotopic (exact) mass is 716 g/mol. The van der Waals surface area contributed by atoms with Crippen LogP contribution in [0, 0.1) is 0 Å². The van der Waals surface area contributed by atoms with Gasteiger partial charge in [-0.2, -0.15) is 0 Å². The van der Waals surface area contributed by atoms with E-state index >= 15 is 0 Å². The van der Waals surface area contributed by atoms with Gasteiger partial charge in [-0.25, -0.2) is 0 Å².